The van der Waals surface area contributed by atoms with E-state index in [1.165, 1.54) is 0 Å². The van der Waals surface area contributed by atoms with Gasteiger partial charge in [0.05, 0.1) is 6.20 Å². The predicted octanol–water partition coefficient (Wildman–Crippen LogP) is 1.71. The van der Waals surface area contributed by atoms with E-state index in [2.05, 4.69) is 5.10 Å². The molecule has 2 aromatic rings. The molecule has 1 aromatic carbocycles. The van der Waals surface area contributed by atoms with Crippen molar-refractivity contribution in [2.45, 2.75) is 13.5 Å². The average Bonchev–Trinajstić information content (AvgIpc) is 2.77. The van der Waals surface area contributed by atoms with Gasteiger partial charge in [-0.25, -0.2) is 0 Å². The van der Waals surface area contributed by atoms with Gasteiger partial charge in [0.1, 0.15) is 5.75 Å². The molecule has 5 heteroatoms. The highest BCUT2D eigenvalue weighted by Gasteiger charge is 2.16. The zero-order valence-electron chi connectivity index (χ0n) is 11.3. The third-order valence-corrected chi connectivity index (χ3v) is 3.06. The summed E-state index contributed by atoms with van der Waals surface area (Å²) in [4.78, 5) is 13.9. The van der Waals surface area contributed by atoms with E-state index < -0.39 is 0 Å². The molecule has 0 bridgehead atoms. The van der Waals surface area contributed by atoms with Gasteiger partial charge in [-0.3, -0.25) is 9.48 Å². The van der Waals surface area contributed by atoms with Crippen molar-refractivity contribution in [3.05, 3.63) is 47.3 Å². The topological polar surface area (TPSA) is 58.4 Å². The summed E-state index contributed by atoms with van der Waals surface area (Å²) < 4.78 is 1.70. The molecule has 0 saturated heterocycles. The molecular weight excluding hydrogens is 242 g/mol. The van der Waals surface area contributed by atoms with Crippen LogP contribution in [0.3, 0.4) is 0 Å². The lowest BCUT2D eigenvalue weighted by molar-refractivity contribution is 0.0784. The summed E-state index contributed by atoms with van der Waals surface area (Å²) in [5.74, 6) is 0.0258. The van der Waals surface area contributed by atoms with E-state index in [0.717, 1.165) is 5.56 Å². The third kappa shape index (κ3) is 2.76. The predicted molar refractivity (Wildman–Crippen MR) is 71.8 cm³/mol. The third-order valence-electron chi connectivity index (χ3n) is 3.06. The van der Waals surface area contributed by atoms with E-state index >= 15 is 0 Å². The van der Waals surface area contributed by atoms with Crippen LogP contribution in [0.4, 0.5) is 0 Å². The van der Waals surface area contributed by atoms with Gasteiger partial charge in [-0.2, -0.15) is 5.10 Å². The molecule has 0 saturated carbocycles. The molecule has 1 heterocycles. The lowest BCUT2D eigenvalue weighted by Crippen LogP contribution is -2.26. The highest BCUT2D eigenvalue weighted by molar-refractivity contribution is 5.96. The number of carbonyl (C=O) groups excluding carboxylic acids is 1. The van der Waals surface area contributed by atoms with Crippen molar-refractivity contribution in [2.75, 3.05) is 7.05 Å². The lowest BCUT2D eigenvalue weighted by Gasteiger charge is -2.17. The van der Waals surface area contributed by atoms with Crippen molar-refractivity contribution in [3.8, 4) is 5.75 Å². The fourth-order valence-corrected chi connectivity index (χ4v) is 1.96. The minimum atomic E-state index is -0.114. The summed E-state index contributed by atoms with van der Waals surface area (Å²) in [6, 6.07) is 4.97. The fraction of sp³-hybridized carbons (Fsp3) is 0.286. The summed E-state index contributed by atoms with van der Waals surface area (Å²) in [5, 5.41) is 13.7. The van der Waals surface area contributed by atoms with E-state index in [0.29, 0.717) is 17.7 Å². The van der Waals surface area contributed by atoms with Gasteiger partial charge in [-0.05, 0) is 19.1 Å². The first kappa shape index (κ1) is 13.1. The summed E-state index contributed by atoms with van der Waals surface area (Å²) >= 11 is 0. The van der Waals surface area contributed by atoms with E-state index in [9.17, 15) is 9.90 Å². The largest absolute Gasteiger partial charge is 0.508 e. The number of phenolic OH excluding ortho intramolecular Hbond substituents is 1. The Labute approximate surface area is 112 Å². The second kappa shape index (κ2) is 5.14. The molecular formula is C14H17N3O2. The van der Waals surface area contributed by atoms with Gasteiger partial charge in [-0.1, -0.05) is 6.07 Å². The molecule has 1 amide bonds. The van der Waals surface area contributed by atoms with Crippen molar-refractivity contribution in [3.63, 3.8) is 0 Å². The van der Waals surface area contributed by atoms with Crippen molar-refractivity contribution in [1.29, 1.82) is 0 Å². The number of aromatic hydroxyl groups is 1. The van der Waals surface area contributed by atoms with Gasteiger partial charge >= 0.3 is 0 Å². The second-order valence-corrected chi connectivity index (χ2v) is 4.63. The Morgan fingerprint density at radius 3 is 2.84 bits per heavy atom. The number of amides is 1. The number of phenols is 1. The number of rotatable bonds is 3. The Kier molecular flexibility index (Phi) is 3.55. The maximum atomic E-state index is 12.3. The van der Waals surface area contributed by atoms with Gasteiger partial charge in [0.2, 0.25) is 0 Å². The van der Waals surface area contributed by atoms with Gasteiger partial charge in [-0.15, -0.1) is 0 Å². The Morgan fingerprint density at radius 1 is 1.47 bits per heavy atom. The number of aromatic nitrogens is 2. The molecule has 19 heavy (non-hydrogen) atoms. The second-order valence-electron chi connectivity index (χ2n) is 4.63. The molecule has 100 valence electrons. The SMILES string of the molecule is Cc1c(O)cccc1C(=O)N(C)Cc1cnn(C)c1. The average molecular weight is 259 g/mol. The number of hydrogen-bond acceptors (Lipinski definition) is 3. The first-order valence-electron chi connectivity index (χ1n) is 6.00. The number of benzene rings is 1. The molecule has 0 spiro atoms. The molecule has 0 atom stereocenters. The number of aryl methyl sites for hydroxylation is 1. The van der Waals surface area contributed by atoms with Crippen LogP contribution in [-0.2, 0) is 13.6 Å². The van der Waals surface area contributed by atoms with Gasteiger partial charge in [0.25, 0.3) is 5.91 Å². The van der Waals surface area contributed by atoms with E-state index in [1.807, 2.05) is 13.2 Å². The summed E-state index contributed by atoms with van der Waals surface area (Å²) in [7, 11) is 3.57. The molecule has 5 nitrogen and oxygen atoms in total. The molecule has 0 radical (unpaired) electrons. The highest BCUT2D eigenvalue weighted by atomic mass is 16.3. The van der Waals surface area contributed by atoms with Crippen LogP contribution in [-0.4, -0.2) is 32.7 Å². The Balaban J connectivity index is 2.17. The van der Waals surface area contributed by atoms with Crippen molar-refractivity contribution < 1.29 is 9.90 Å². The maximum absolute atomic E-state index is 12.3. The van der Waals surface area contributed by atoms with E-state index in [-0.39, 0.29) is 11.7 Å². The minimum Gasteiger partial charge on any atom is -0.508 e. The van der Waals surface area contributed by atoms with Gasteiger partial charge in [0, 0.05) is 43.5 Å². The van der Waals surface area contributed by atoms with E-state index in [4.69, 9.17) is 0 Å². The lowest BCUT2D eigenvalue weighted by atomic mass is 10.1. The summed E-state index contributed by atoms with van der Waals surface area (Å²) in [6.45, 7) is 2.22. The van der Waals surface area contributed by atoms with E-state index in [1.54, 1.807) is 47.9 Å². The molecule has 2 rings (SSSR count). The van der Waals surface area contributed by atoms with Crippen LogP contribution in [0.25, 0.3) is 0 Å². The zero-order chi connectivity index (χ0) is 14.0. The number of hydrogen-bond donors (Lipinski definition) is 1. The highest BCUT2D eigenvalue weighted by Crippen LogP contribution is 2.21. The monoisotopic (exact) mass is 259 g/mol. The summed E-state index contributed by atoms with van der Waals surface area (Å²) in [5.41, 5.74) is 2.09. The summed E-state index contributed by atoms with van der Waals surface area (Å²) in [6.07, 6.45) is 3.61. The Bertz CT molecular complexity index is 604. The molecule has 1 aromatic heterocycles. The first-order valence-corrected chi connectivity index (χ1v) is 6.00. The van der Waals surface area contributed by atoms with Gasteiger partial charge < -0.3 is 10.0 Å². The van der Waals surface area contributed by atoms with Crippen LogP contribution < -0.4 is 0 Å². The standard InChI is InChI=1S/C14H17N3O2/c1-10-12(5-4-6-13(10)18)14(19)16(2)8-11-7-15-17(3)9-11/h4-7,9,18H,8H2,1-3H3. The van der Waals surface area contributed by atoms with Crippen LogP contribution in [0.15, 0.2) is 30.6 Å². The molecule has 0 aliphatic rings. The number of carbonyl (C=O) groups is 1. The molecule has 0 aliphatic carbocycles. The van der Waals surface area contributed by atoms with Gasteiger partial charge in [0.15, 0.2) is 0 Å². The zero-order valence-corrected chi connectivity index (χ0v) is 11.3. The maximum Gasteiger partial charge on any atom is 0.254 e. The smallest absolute Gasteiger partial charge is 0.254 e. The van der Waals surface area contributed by atoms with Crippen LogP contribution >= 0.6 is 0 Å². The van der Waals surface area contributed by atoms with Crippen molar-refractivity contribution in [2.24, 2.45) is 7.05 Å². The fourth-order valence-electron chi connectivity index (χ4n) is 1.96. The normalized spacial score (nSPS) is 10.5. The molecule has 0 unspecified atom stereocenters. The molecule has 0 aliphatic heterocycles. The minimum absolute atomic E-state index is 0.114. The van der Waals surface area contributed by atoms with Crippen LogP contribution in [0.2, 0.25) is 0 Å². The Morgan fingerprint density at radius 2 is 2.21 bits per heavy atom. The molecule has 1 N–H and O–H groups in total. The van der Waals surface area contributed by atoms with Crippen molar-refractivity contribution >= 4 is 5.91 Å². The Hall–Kier alpha value is -2.30. The number of nitrogens with zero attached hydrogens (tertiary/aromatic N) is 3. The van der Waals surface area contributed by atoms with Crippen molar-refractivity contribution in [1.82, 2.24) is 14.7 Å². The van der Waals surface area contributed by atoms with Crippen LogP contribution in [0.1, 0.15) is 21.5 Å². The first-order chi connectivity index (χ1) is 8.99. The van der Waals surface area contributed by atoms with Crippen LogP contribution in [0.5, 0.6) is 5.75 Å². The van der Waals surface area contributed by atoms with Crippen LogP contribution in [0, 0.1) is 6.92 Å². The quantitative estimate of drug-likeness (QED) is 0.912. The molecule has 0 fully saturated rings.